The van der Waals surface area contributed by atoms with Crippen molar-refractivity contribution in [3.63, 3.8) is 0 Å². The third kappa shape index (κ3) is 13.1. The van der Waals surface area contributed by atoms with Crippen molar-refractivity contribution in [3.05, 3.63) is 65.7 Å². The molecule has 2 rings (SSSR count). The maximum atomic E-state index is 13.5. The van der Waals surface area contributed by atoms with Gasteiger partial charge in [0.05, 0.1) is 6.04 Å². The van der Waals surface area contributed by atoms with Crippen LogP contribution in [0, 0.1) is 0 Å². The number of amides is 3. The lowest BCUT2D eigenvalue weighted by Crippen LogP contribution is -2.57. The molecule has 0 fully saturated rings. The van der Waals surface area contributed by atoms with Crippen LogP contribution in [0.15, 0.2) is 59.6 Å². The van der Waals surface area contributed by atoms with Gasteiger partial charge in [-0.3, -0.25) is 19.4 Å². The molecule has 0 aliphatic rings. The molecule has 0 radical (unpaired) electrons. The Balaban J connectivity index is 2.18. The predicted molar refractivity (Wildman–Crippen MR) is 166 cm³/mol. The first-order valence-corrected chi connectivity index (χ1v) is 14.5. The molecule has 0 heterocycles. The number of carboxylic acid groups (broad SMARTS) is 1. The molecule has 14 nitrogen and oxygen atoms in total. The van der Waals surface area contributed by atoms with Crippen molar-refractivity contribution in [1.29, 1.82) is 0 Å². The minimum absolute atomic E-state index is 0.0216. The van der Waals surface area contributed by atoms with Gasteiger partial charge in [0.2, 0.25) is 17.7 Å². The predicted octanol–water partition coefficient (Wildman–Crippen LogP) is -0.774. The molecule has 4 unspecified atom stereocenters. The quantitative estimate of drug-likeness (QED) is 0.0543. The number of carbonyl (C=O) groups is 4. The van der Waals surface area contributed by atoms with Gasteiger partial charge < -0.3 is 49.1 Å². The second kappa shape index (κ2) is 18.8. The lowest BCUT2D eigenvalue weighted by atomic mass is 10.0. The number of aliphatic carboxylic acids is 1. The van der Waals surface area contributed by atoms with Crippen LogP contribution >= 0.6 is 0 Å². The number of guanidine groups is 1. The standard InChI is InChI=1S/C30H44N8O6/c31-15-5-4-9-23(28(42)38-25(29(43)44)18-20-11-13-21(39)14-12-20)37-27(41)24(10-6-16-35-30(33)34)36-26(40)22(32)17-19-7-2-1-3-8-19/h1-3,7-8,11-14,22-25,39H,4-6,9-10,15-18,31-32H2,(H,36,40)(H,37,41)(H,38,42)(H,43,44)(H4,33,34,35). The normalized spacial score (nSPS) is 13.5. The molecule has 14 heteroatoms. The fraction of sp³-hybridized carbons (Fsp3) is 0.433. The van der Waals surface area contributed by atoms with Crippen molar-refractivity contribution in [2.24, 2.45) is 27.9 Å². The van der Waals surface area contributed by atoms with E-state index in [1.807, 2.05) is 30.3 Å². The van der Waals surface area contributed by atoms with Crippen LogP contribution in [-0.4, -0.2) is 77.1 Å². The van der Waals surface area contributed by atoms with Gasteiger partial charge in [-0.15, -0.1) is 0 Å². The third-order valence-electron chi connectivity index (χ3n) is 6.78. The summed E-state index contributed by atoms with van der Waals surface area (Å²) in [4.78, 5) is 55.7. The van der Waals surface area contributed by atoms with Crippen LogP contribution in [0.5, 0.6) is 5.75 Å². The first-order valence-electron chi connectivity index (χ1n) is 14.5. The molecule has 0 aliphatic heterocycles. The van der Waals surface area contributed by atoms with Crippen LogP contribution in [0.25, 0.3) is 0 Å². The second-order valence-electron chi connectivity index (χ2n) is 10.4. The number of nitrogens with one attached hydrogen (secondary N) is 3. The Labute approximate surface area is 256 Å². The molecule has 0 spiro atoms. The van der Waals surface area contributed by atoms with Gasteiger partial charge in [0, 0.05) is 13.0 Å². The van der Waals surface area contributed by atoms with Gasteiger partial charge in [-0.25, -0.2) is 4.79 Å². The number of aliphatic imine (C=N–C) groups is 1. The Morgan fingerprint density at radius 3 is 1.84 bits per heavy atom. The molecule has 0 aromatic heterocycles. The van der Waals surface area contributed by atoms with Gasteiger partial charge in [-0.1, -0.05) is 42.5 Å². The zero-order chi connectivity index (χ0) is 32.5. The summed E-state index contributed by atoms with van der Waals surface area (Å²) >= 11 is 0. The van der Waals surface area contributed by atoms with Gasteiger partial charge in [0.1, 0.15) is 23.9 Å². The lowest BCUT2D eigenvalue weighted by Gasteiger charge is -2.25. The van der Waals surface area contributed by atoms with E-state index in [0.717, 1.165) is 5.56 Å². The minimum Gasteiger partial charge on any atom is -0.508 e. The van der Waals surface area contributed by atoms with Crippen LogP contribution in [0.1, 0.15) is 43.2 Å². The highest BCUT2D eigenvalue weighted by Crippen LogP contribution is 2.12. The third-order valence-corrected chi connectivity index (χ3v) is 6.78. The van der Waals surface area contributed by atoms with Crippen LogP contribution < -0.4 is 38.9 Å². The number of hydrogen-bond acceptors (Lipinski definition) is 8. The average Bonchev–Trinajstić information content (AvgIpc) is 2.99. The Kier molecular flexibility index (Phi) is 15.1. The van der Waals surface area contributed by atoms with Crippen LogP contribution in [0.4, 0.5) is 0 Å². The number of phenols is 1. The average molecular weight is 613 g/mol. The summed E-state index contributed by atoms with van der Waals surface area (Å²) in [5, 5.41) is 27.1. The van der Waals surface area contributed by atoms with Crippen molar-refractivity contribution in [2.75, 3.05) is 13.1 Å². The van der Waals surface area contributed by atoms with E-state index in [1.54, 1.807) is 12.1 Å². The minimum atomic E-state index is -1.30. The number of unbranched alkanes of at least 4 members (excludes halogenated alkanes) is 1. The van der Waals surface area contributed by atoms with E-state index in [0.29, 0.717) is 31.4 Å². The highest BCUT2D eigenvalue weighted by Gasteiger charge is 2.30. The van der Waals surface area contributed by atoms with Gasteiger partial charge >= 0.3 is 5.97 Å². The zero-order valence-corrected chi connectivity index (χ0v) is 24.7. The second-order valence-corrected chi connectivity index (χ2v) is 10.4. The molecule has 2 aromatic rings. The molecule has 3 amide bonds. The number of nitrogens with zero attached hydrogens (tertiary/aromatic N) is 1. The Bertz CT molecular complexity index is 1240. The van der Waals surface area contributed by atoms with E-state index in [-0.39, 0.29) is 43.9 Å². The molecule has 0 saturated carbocycles. The van der Waals surface area contributed by atoms with Crippen molar-refractivity contribution in [1.82, 2.24) is 16.0 Å². The highest BCUT2D eigenvalue weighted by molar-refractivity contribution is 5.94. The van der Waals surface area contributed by atoms with Crippen LogP contribution in [0.2, 0.25) is 0 Å². The summed E-state index contributed by atoms with van der Waals surface area (Å²) in [6.07, 6.45) is 1.91. The van der Waals surface area contributed by atoms with Crippen molar-refractivity contribution < 1.29 is 29.4 Å². The van der Waals surface area contributed by atoms with E-state index in [1.165, 1.54) is 12.1 Å². The number of rotatable bonds is 19. The van der Waals surface area contributed by atoms with E-state index in [4.69, 9.17) is 22.9 Å². The monoisotopic (exact) mass is 612 g/mol. The summed E-state index contributed by atoms with van der Waals surface area (Å²) in [6.45, 7) is 0.569. The molecular formula is C30H44N8O6. The topological polar surface area (TPSA) is 261 Å². The lowest BCUT2D eigenvalue weighted by molar-refractivity contribution is -0.142. The maximum Gasteiger partial charge on any atom is 0.326 e. The molecule has 240 valence electrons. The van der Waals surface area contributed by atoms with Gasteiger partial charge in [-0.05, 0) is 68.3 Å². The molecule has 13 N–H and O–H groups in total. The van der Waals surface area contributed by atoms with Crippen LogP contribution in [-0.2, 0) is 32.0 Å². The summed E-state index contributed by atoms with van der Waals surface area (Å²) in [6, 6.07) is 10.7. The fourth-order valence-corrected chi connectivity index (χ4v) is 4.39. The number of hydrogen-bond donors (Lipinski definition) is 9. The summed E-state index contributed by atoms with van der Waals surface area (Å²) < 4.78 is 0. The van der Waals surface area contributed by atoms with Crippen molar-refractivity contribution in [3.8, 4) is 5.75 Å². The molecular weight excluding hydrogens is 568 g/mol. The number of phenolic OH excluding ortho intramolecular Hbond substituents is 1. The Morgan fingerprint density at radius 2 is 1.27 bits per heavy atom. The van der Waals surface area contributed by atoms with Crippen LogP contribution in [0.3, 0.4) is 0 Å². The van der Waals surface area contributed by atoms with E-state index < -0.39 is 47.9 Å². The molecule has 4 atom stereocenters. The van der Waals surface area contributed by atoms with E-state index >= 15 is 0 Å². The molecule has 0 aliphatic carbocycles. The van der Waals surface area contributed by atoms with Gasteiger partial charge in [0.25, 0.3) is 0 Å². The number of carboxylic acids is 1. The first kappa shape index (κ1) is 35.5. The first-order chi connectivity index (χ1) is 21.0. The summed E-state index contributed by atoms with van der Waals surface area (Å²) in [5.74, 6) is -3.26. The fourth-order valence-electron chi connectivity index (χ4n) is 4.39. The SMILES string of the molecule is NCCCCC(NC(=O)C(CCCN=C(N)N)NC(=O)C(N)Cc1ccccc1)C(=O)NC(Cc1ccc(O)cc1)C(=O)O. The number of nitrogens with two attached hydrogens (primary N) is 4. The van der Waals surface area contributed by atoms with Gasteiger partial charge in [-0.2, -0.15) is 0 Å². The zero-order valence-electron chi connectivity index (χ0n) is 24.7. The molecule has 0 bridgehead atoms. The molecule has 44 heavy (non-hydrogen) atoms. The smallest absolute Gasteiger partial charge is 0.326 e. The van der Waals surface area contributed by atoms with Crippen molar-refractivity contribution >= 4 is 29.7 Å². The maximum absolute atomic E-state index is 13.5. The molecule has 0 saturated heterocycles. The van der Waals surface area contributed by atoms with Gasteiger partial charge in [0.15, 0.2) is 5.96 Å². The Morgan fingerprint density at radius 1 is 0.727 bits per heavy atom. The number of aromatic hydroxyl groups is 1. The van der Waals surface area contributed by atoms with E-state index in [2.05, 4.69) is 20.9 Å². The highest BCUT2D eigenvalue weighted by atomic mass is 16.4. The number of benzene rings is 2. The van der Waals surface area contributed by atoms with E-state index in [9.17, 15) is 29.4 Å². The number of carbonyl (C=O) groups excluding carboxylic acids is 3. The summed E-state index contributed by atoms with van der Waals surface area (Å²) in [5.41, 5.74) is 24.0. The Hall–Kier alpha value is -4.69. The van der Waals surface area contributed by atoms with Crippen molar-refractivity contribution in [2.45, 2.75) is 69.1 Å². The largest absolute Gasteiger partial charge is 0.508 e. The summed E-state index contributed by atoms with van der Waals surface area (Å²) in [7, 11) is 0. The molecule has 2 aromatic carbocycles.